The fourth-order valence-electron chi connectivity index (χ4n) is 3.37. The zero-order chi connectivity index (χ0) is 22.0. The van der Waals surface area contributed by atoms with Gasteiger partial charge in [0.05, 0.1) is 17.9 Å². The van der Waals surface area contributed by atoms with Crippen LogP contribution in [0.4, 0.5) is 0 Å². The van der Waals surface area contributed by atoms with E-state index in [1.807, 2.05) is 53.9 Å². The Labute approximate surface area is 187 Å². The van der Waals surface area contributed by atoms with Crippen molar-refractivity contribution in [3.05, 3.63) is 59.5 Å². The van der Waals surface area contributed by atoms with Crippen LogP contribution in [0.15, 0.2) is 58.9 Å². The molecule has 1 saturated heterocycles. The van der Waals surface area contributed by atoms with E-state index in [2.05, 4.69) is 11.1 Å². The van der Waals surface area contributed by atoms with Gasteiger partial charge in [0, 0.05) is 16.0 Å². The number of hydrogen-bond donors (Lipinski definition) is 4. The fraction of sp³-hybridized carbons (Fsp3) is 0.273. The Morgan fingerprint density at radius 3 is 2.48 bits per heavy atom. The van der Waals surface area contributed by atoms with Crippen LogP contribution in [0.25, 0.3) is 21.7 Å². The number of rotatable bonds is 5. The molecule has 31 heavy (non-hydrogen) atoms. The van der Waals surface area contributed by atoms with Crippen LogP contribution in [0, 0.1) is 11.3 Å². The molecule has 0 saturated carbocycles. The van der Waals surface area contributed by atoms with Crippen LogP contribution >= 0.6 is 23.1 Å². The molecule has 160 valence electrons. The van der Waals surface area contributed by atoms with E-state index >= 15 is 0 Å². The Hall–Kier alpha value is -2.29. The number of ether oxygens (including phenoxy) is 1. The quantitative estimate of drug-likeness (QED) is 0.460. The molecule has 4 rings (SSSR count). The molecule has 1 aromatic carbocycles. The summed E-state index contributed by atoms with van der Waals surface area (Å²) >= 11 is 2.48. The number of nitrogens with zero attached hydrogens (tertiary/aromatic N) is 2. The predicted octanol–water partition coefficient (Wildman–Crippen LogP) is 2.24. The van der Waals surface area contributed by atoms with Crippen molar-refractivity contribution < 1.29 is 25.2 Å². The Morgan fingerprint density at radius 1 is 1.06 bits per heavy atom. The molecule has 0 spiro atoms. The third-order valence-corrected chi connectivity index (χ3v) is 7.07. The van der Waals surface area contributed by atoms with E-state index in [9.17, 15) is 25.7 Å². The fourth-order valence-corrected chi connectivity index (χ4v) is 5.26. The monoisotopic (exact) mass is 456 g/mol. The van der Waals surface area contributed by atoms with Crippen LogP contribution < -0.4 is 0 Å². The topological polar surface area (TPSA) is 127 Å². The Morgan fingerprint density at radius 2 is 1.84 bits per heavy atom. The van der Waals surface area contributed by atoms with Gasteiger partial charge in [0.1, 0.15) is 40.9 Å². The van der Waals surface area contributed by atoms with Crippen LogP contribution in [0.2, 0.25) is 0 Å². The van der Waals surface area contributed by atoms with Crippen LogP contribution in [-0.4, -0.2) is 61.9 Å². The first kappa shape index (κ1) is 21.9. The summed E-state index contributed by atoms with van der Waals surface area (Å²) < 4.78 is 5.62. The van der Waals surface area contributed by atoms with Gasteiger partial charge in [-0.2, -0.15) is 5.26 Å². The number of pyridine rings is 1. The predicted molar refractivity (Wildman–Crippen MR) is 117 cm³/mol. The molecule has 2 aromatic heterocycles. The summed E-state index contributed by atoms with van der Waals surface area (Å²) in [4.78, 5) is 5.55. The van der Waals surface area contributed by atoms with Gasteiger partial charge in [-0.1, -0.05) is 48.2 Å². The molecule has 9 heteroatoms. The van der Waals surface area contributed by atoms with Crippen molar-refractivity contribution in [1.29, 1.82) is 5.26 Å². The maximum atomic E-state index is 10.4. The van der Waals surface area contributed by atoms with E-state index in [4.69, 9.17) is 4.74 Å². The second-order valence-corrected chi connectivity index (χ2v) is 9.04. The van der Waals surface area contributed by atoms with Crippen LogP contribution in [-0.2, 0) is 4.74 Å². The van der Waals surface area contributed by atoms with Gasteiger partial charge in [-0.25, -0.2) is 4.98 Å². The van der Waals surface area contributed by atoms with E-state index in [-0.39, 0.29) is 0 Å². The summed E-state index contributed by atoms with van der Waals surface area (Å²) in [6, 6.07) is 17.4. The molecular formula is C22H20N2O5S2. The lowest BCUT2D eigenvalue weighted by Gasteiger charge is -2.39. The molecule has 0 bridgehead atoms. The molecule has 0 amide bonds. The number of thiophene rings is 1. The lowest BCUT2D eigenvalue weighted by molar-refractivity contribution is -0.205. The molecule has 5 atom stereocenters. The van der Waals surface area contributed by atoms with Gasteiger partial charge in [-0.15, -0.1) is 11.3 Å². The summed E-state index contributed by atoms with van der Waals surface area (Å²) in [6.45, 7) is -0.523. The summed E-state index contributed by atoms with van der Waals surface area (Å²) in [5.41, 5.74) is 1.51. The maximum absolute atomic E-state index is 10.4. The number of aromatic nitrogens is 1. The number of aliphatic hydroxyl groups excluding tert-OH is 4. The molecule has 0 radical (unpaired) electrons. The van der Waals surface area contributed by atoms with Gasteiger partial charge in [-0.05, 0) is 17.5 Å². The third-order valence-electron chi connectivity index (χ3n) is 5.03. The molecule has 4 N–H and O–H groups in total. The van der Waals surface area contributed by atoms with Crippen molar-refractivity contribution in [2.75, 3.05) is 6.61 Å². The van der Waals surface area contributed by atoms with Gasteiger partial charge >= 0.3 is 0 Å². The molecule has 7 nitrogen and oxygen atoms in total. The minimum atomic E-state index is -1.50. The smallest absolute Gasteiger partial charge is 0.138 e. The molecule has 1 fully saturated rings. The van der Waals surface area contributed by atoms with Crippen molar-refractivity contribution in [2.24, 2.45) is 0 Å². The number of benzene rings is 1. The Bertz CT molecular complexity index is 1070. The van der Waals surface area contributed by atoms with E-state index in [1.54, 1.807) is 0 Å². The minimum Gasteiger partial charge on any atom is -0.394 e. The van der Waals surface area contributed by atoms with Gasteiger partial charge in [0.2, 0.25) is 0 Å². The minimum absolute atomic E-state index is 0.323. The zero-order valence-corrected chi connectivity index (χ0v) is 17.8. The highest BCUT2D eigenvalue weighted by Crippen LogP contribution is 2.39. The van der Waals surface area contributed by atoms with E-state index in [1.165, 1.54) is 11.3 Å². The standard InChI is InChI=1S/C22H20N2O5S2/c23-10-14-13(17-7-4-8-30-17)9-15(12-5-2-1-3-6-12)24-21(14)31-22-20(28)19(27)18(26)16(11-25)29-22/h1-9,16,18-20,22,25-28H,11H2/t16-,18+,19+,20-,22+/m1/s1. The first-order chi connectivity index (χ1) is 15.0. The SMILES string of the molecule is N#Cc1c(-c2cccs2)cc(-c2ccccc2)nc1S[C@@H]1O[C@H](CO)[C@H](O)[C@H](O)[C@H]1O. The van der Waals surface area contributed by atoms with Crippen LogP contribution in [0.3, 0.4) is 0 Å². The summed E-state index contributed by atoms with van der Waals surface area (Å²) in [5, 5.41) is 52.2. The van der Waals surface area contributed by atoms with Crippen molar-refractivity contribution >= 4 is 23.1 Å². The third kappa shape index (κ3) is 4.37. The molecule has 0 unspecified atom stereocenters. The molecule has 0 aliphatic carbocycles. The van der Waals surface area contributed by atoms with Crippen LogP contribution in [0.1, 0.15) is 5.56 Å². The highest BCUT2D eigenvalue weighted by atomic mass is 32.2. The molecule has 1 aliphatic rings. The van der Waals surface area contributed by atoms with E-state index < -0.39 is 36.5 Å². The van der Waals surface area contributed by atoms with Gasteiger partial charge < -0.3 is 25.2 Å². The van der Waals surface area contributed by atoms with Gasteiger partial charge in [0.25, 0.3) is 0 Å². The van der Waals surface area contributed by atoms with Crippen molar-refractivity contribution in [2.45, 2.75) is 34.9 Å². The van der Waals surface area contributed by atoms with Crippen molar-refractivity contribution in [3.8, 4) is 27.8 Å². The highest BCUT2D eigenvalue weighted by Gasteiger charge is 2.44. The lowest BCUT2D eigenvalue weighted by Crippen LogP contribution is -2.57. The summed E-state index contributed by atoms with van der Waals surface area (Å²) in [5.74, 6) is 0. The number of aliphatic hydroxyl groups is 4. The summed E-state index contributed by atoms with van der Waals surface area (Å²) in [6.07, 6.45) is -5.40. The van der Waals surface area contributed by atoms with Gasteiger partial charge in [-0.3, -0.25) is 0 Å². The number of thioether (sulfide) groups is 1. The Kier molecular flexibility index (Phi) is 6.69. The van der Waals surface area contributed by atoms with Crippen LogP contribution in [0.5, 0.6) is 0 Å². The van der Waals surface area contributed by atoms with Crippen molar-refractivity contribution in [3.63, 3.8) is 0 Å². The number of nitriles is 1. The number of hydrogen-bond acceptors (Lipinski definition) is 9. The Balaban J connectivity index is 1.79. The zero-order valence-electron chi connectivity index (χ0n) is 16.2. The largest absolute Gasteiger partial charge is 0.394 e. The average molecular weight is 457 g/mol. The first-order valence-electron chi connectivity index (χ1n) is 9.55. The maximum Gasteiger partial charge on any atom is 0.138 e. The van der Waals surface area contributed by atoms with Gasteiger partial charge in [0.15, 0.2) is 0 Å². The molecule has 1 aliphatic heterocycles. The highest BCUT2D eigenvalue weighted by molar-refractivity contribution is 7.99. The molecular weight excluding hydrogens is 436 g/mol. The summed E-state index contributed by atoms with van der Waals surface area (Å²) in [7, 11) is 0. The molecule has 3 heterocycles. The van der Waals surface area contributed by atoms with E-state index in [0.29, 0.717) is 21.8 Å². The second-order valence-electron chi connectivity index (χ2n) is 7.01. The second kappa shape index (κ2) is 9.46. The van der Waals surface area contributed by atoms with Crippen molar-refractivity contribution in [1.82, 2.24) is 4.98 Å². The molecule has 3 aromatic rings. The lowest BCUT2D eigenvalue weighted by atomic mass is 10.0. The van der Waals surface area contributed by atoms with E-state index in [0.717, 1.165) is 22.2 Å². The normalized spacial score (nSPS) is 25.8. The first-order valence-corrected chi connectivity index (χ1v) is 11.3. The average Bonchev–Trinajstić information content (AvgIpc) is 3.34.